The Morgan fingerprint density at radius 2 is 1.89 bits per heavy atom. The highest BCUT2D eigenvalue weighted by Crippen LogP contribution is 2.21. The first kappa shape index (κ1) is 16.1. The molecule has 0 aliphatic rings. The Balaban J connectivity index is 2.66. The lowest BCUT2D eigenvalue weighted by Crippen LogP contribution is -2.40. The van der Waals surface area contributed by atoms with Crippen LogP contribution in [0.3, 0.4) is 0 Å². The fourth-order valence-electron chi connectivity index (χ4n) is 1.91. The van der Waals surface area contributed by atoms with Gasteiger partial charge >= 0.3 is 0 Å². The van der Waals surface area contributed by atoms with E-state index in [0.717, 1.165) is 11.3 Å². The van der Waals surface area contributed by atoms with Crippen LogP contribution in [-0.4, -0.2) is 29.9 Å². The van der Waals surface area contributed by atoms with Crippen molar-refractivity contribution in [1.29, 1.82) is 0 Å². The largest absolute Gasteiger partial charge is 0.394 e. The van der Waals surface area contributed by atoms with Crippen molar-refractivity contribution in [2.24, 2.45) is 5.41 Å². The van der Waals surface area contributed by atoms with Crippen LogP contribution < -0.4 is 5.32 Å². The lowest BCUT2D eigenvalue weighted by molar-refractivity contribution is 0.0897. The van der Waals surface area contributed by atoms with E-state index in [1.807, 2.05) is 30.5 Å². The summed E-state index contributed by atoms with van der Waals surface area (Å²) >= 11 is 1.64. The molecule has 0 saturated heterocycles. The molecule has 1 amide bonds. The first-order chi connectivity index (χ1) is 8.85. The highest BCUT2D eigenvalue weighted by Gasteiger charge is 2.20. The summed E-state index contributed by atoms with van der Waals surface area (Å²) in [4.78, 5) is 13.2. The van der Waals surface area contributed by atoms with Crippen LogP contribution in [0.5, 0.6) is 0 Å². The van der Waals surface area contributed by atoms with Crippen molar-refractivity contribution in [2.45, 2.75) is 38.1 Å². The van der Waals surface area contributed by atoms with E-state index in [1.165, 1.54) is 0 Å². The molecule has 19 heavy (non-hydrogen) atoms. The molecule has 106 valence electrons. The average Bonchev–Trinajstić information content (AvgIpc) is 2.36. The van der Waals surface area contributed by atoms with E-state index in [2.05, 4.69) is 26.1 Å². The lowest BCUT2D eigenvalue weighted by atomic mass is 9.88. The van der Waals surface area contributed by atoms with Crippen molar-refractivity contribution in [1.82, 2.24) is 5.32 Å². The van der Waals surface area contributed by atoms with Gasteiger partial charge in [0.1, 0.15) is 0 Å². The fraction of sp³-hybridized carbons (Fsp3) is 0.533. The molecule has 0 heterocycles. The van der Waals surface area contributed by atoms with Crippen LogP contribution >= 0.6 is 11.8 Å². The van der Waals surface area contributed by atoms with Crippen molar-refractivity contribution in [3.63, 3.8) is 0 Å². The maximum absolute atomic E-state index is 12.1. The Bertz CT molecular complexity index is 409. The third kappa shape index (κ3) is 5.66. The molecule has 0 saturated carbocycles. The second-order valence-corrected chi connectivity index (χ2v) is 6.73. The molecule has 1 rings (SSSR count). The third-order valence-electron chi connectivity index (χ3n) is 2.77. The molecule has 0 fully saturated rings. The molecule has 4 heteroatoms. The predicted molar refractivity (Wildman–Crippen MR) is 80.6 cm³/mol. The van der Waals surface area contributed by atoms with E-state index in [4.69, 9.17) is 0 Å². The topological polar surface area (TPSA) is 49.3 Å². The van der Waals surface area contributed by atoms with Crippen molar-refractivity contribution in [3.8, 4) is 0 Å². The van der Waals surface area contributed by atoms with Crippen LogP contribution in [0.25, 0.3) is 0 Å². The first-order valence-electron chi connectivity index (χ1n) is 6.41. The van der Waals surface area contributed by atoms with Crippen LogP contribution in [-0.2, 0) is 0 Å². The molecule has 1 atom stereocenters. The molecule has 0 aliphatic heterocycles. The third-order valence-corrected chi connectivity index (χ3v) is 3.51. The number of benzene rings is 1. The SMILES string of the molecule is CSc1ccc(C(=O)NC(CO)CC(C)(C)C)cc1. The average molecular weight is 281 g/mol. The Morgan fingerprint density at radius 3 is 2.32 bits per heavy atom. The van der Waals surface area contributed by atoms with E-state index >= 15 is 0 Å². The van der Waals surface area contributed by atoms with Gasteiger partial charge in [0.2, 0.25) is 0 Å². The van der Waals surface area contributed by atoms with Gasteiger partial charge in [-0.1, -0.05) is 20.8 Å². The molecule has 0 radical (unpaired) electrons. The number of amides is 1. The van der Waals surface area contributed by atoms with Gasteiger partial charge in [-0.3, -0.25) is 4.79 Å². The molecule has 1 unspecified atom stereocenters. The summed E-state index contributed by atoms with van der Waals surface area (Å²) in [5.41, 5.74) is 0.703. The number of carbonyl (C=O) groups is 1. The quantitative estimate of drug-likeness (QED) is 0.816. The molecule has 1 aromatic carbocycles. The fourth-order valence-corrected chi connectivity index (χ4v) is 2.32. The molecule has 2 N–H and O–H groups in total. The lowest BCUT2D eigenvalue weighted by Gasteiger charge is -2.25. The zero-order valence-corrected chi connectivity index (χ0v) is 12.9. The normalized spacial score (nSPS) is 13.1. The maximum Gasteiger partial charge on any atom is 0.251 e. The number of aliphatic hydroxyl groups excluding tert-OH is 1. The van der Waals surface area contributed by atoms with Crippen molar-refractivity contribution < 1.29 is 9.90 Å². The number of nitrogens with one attached hydrogen (secondary N) is 1. The molecule has 0 aliphatic carbocycles. The Labute approximate surface area is 119 Å². The van der Waals surface area contributed by atoms with E-state index < -0.39 is 0 Å². The summed E-state index contributed by atoms with van der Waals surface area (Å²) in [5, 5.41) is 12.2. The summed E-state index contributed by atoms with van der Waals surface area (Å²) in [6.45, 7) is 6.24. The van der Waals surface area contributed by atoms with Gasteiger partial charge in [0, 0.05) is 10.5 Å². The van der Waals surface area contributed by atoms with Crippen LogP contribution in [0.15, 0.2) is 29.2 Å². The number of hydrogen-bond acceptors (Lipinski definition) is 3. The van der Waals surface area contributed by atoms with Crippen molar-refractivity contribution in [2.75, 3.05) is 12.9 Å². The van der Waals surface area contributed by atoms with Crippen LogP contribution in [0.4, 0.5) is 0 Å². The van der Waals surface area contributed by atoms with Gasteiger partial charge in [0.05, 0.1) is 12.6 Å². The molecule has 0 bridgehead atoms. The number of rotatable bonds is 5. The summed E-state index contributed by atoms with van der Waals surface area (Å²) in [7, 11) is 0. The predicted octanol–water partition coefficient (Wildman–Crippen LogP) is 2.94. The van der Waals surface area contributed by atoms with Gasteiger partial charge in [-0.25, -0.2) is 0 Å². The number of thioether (sulfide) groups is 1. The molecular weight excluding hydrogens is 258 g/mol. The molecular formula is C15H23NO2S. The second kappa shape index (κ2) is 6.96. The van der Waals surface area contributed by atoms with Crippen LogP contribution in [0.1, 0.15) is 37.6 Å². The Morgan fingerprint density at radius 1 is 1.32 bits per heavy atom. The molecule has 1 aromatic rings. The minimum atomic E-state index is -0.201. The van der Waals surface area contributed by atoms with Gasteiger partial charge in [-0.15, -0.1) is 11.8 Å². The number of carbonyl (C=O) groups excluding carboxylic acids is 1. The highest BCUT2D eigenvalue weighted by atomic mass is 32.2. The highest BCUT2D eigenvalue weighted by molar-refractivity contribution is 7.98. The minimum Gasteiger partial charge on any atom is -0.394 e. The maximum atomic E-state index is 12.1. The van der Waals surface area contributed by atoms with E-state index in [0.29, 0.717) is 5.56 Å². The molecule has 3 nitrogen and oxygen atoms in total. The summed E-state index contributed by atoms with van der Waals surface area (Å²) in [6, 6.07) is 7.28. The minimum absolute atomic E-state index is 0.0358. The Hall–Kier alpha value is -1.00. The number of aliphatic hydroxyl groups is 1. The second-order valence-electron chi connectivity index (χ2n) is 5.85. The van der Waals surface area contributed by atoms with E-state index in [1.54, 1.807) is 11.8 Å². The van der Waals surface area contributed by atoms with Gasteiger partial charge in [-0.05, 0) is 42.4 Å². The molecule has 0 aromatic heterocycles. The molecule has 0 spiro atoms. The van der Waals surface area contributed by atoms with E-state index in [-0.39, 0.29) is 24.0 Å². The van der Waals surface area contributed by atoms with E-state index in [9.17, 15) is 9.90 Å². The van der Waals surface area contributed by atoms with Gasteiger partial charge in [-0.2, -0.15) is 0 Å². The van der Waals surface area contributed by atoms with Crippen LogP contribution in [0.2, 0.25) is 0 Å². The van der Waals surface area contributed by atoms with Gasteiger partial charge in [0.25, 0.3) is 5.91 Å². The summed E-state index contributed by atoms with van der Waals surface area (Å²) in [6.07, 6.45) is 2.75. The smallest absolute Gasteiger partial charge is 0.251 e. The van der Waals surface area contributed by atoms with Gasteiger partial charge < -0.3 is 10.4 Å². The zero-order valence-electron chi connectivity index (χ0n) is 12.1. The van der Waals surface area contributed by atoms with Gasteiger partial charge in [0.15, 0.2) is 0 Å². The van der Waals surface area contributed by atoms with Crippen molar-refractivity contribution >= 4 is 17.7 Å². The van der Waals surface area contributed by atoms with Crippen LogP contribution in [0, 0.1) is 5.41 Å². The Kier molecular flexibility index (Phi) is 5.88. The summed E-state index contributed by atoms with van der Waals surface area (Å²) < 4.78 is 0. The monoisotopic (exact) mass is 281 g/mol. The first-order valence-corrected chi connectivity index (χ1v) is 7.64. The van der Waals surface area contributed by atoms with Crippen molar-refractivity contribution in [3.05, 3.63) is 29.8 Å². The number of hydrogen-bond donors (Lipinski definition) is 2. The summed E-state index contributed by atoms with van der Waals surface area (Å²) in [5.74, 6) is -0.129. The zero-order chi connectivity index (χ0) is 14.5. The standard InChI is InChI=1S/C15H23NO2S/c1-15(2,3)9-12(10-17)16-14(18)11-5-7-13(19-4)8-6-11/h5-8,12,17H,9-10H2,1-4H3,(H,16,18).